The molecule has 90 valence electrons. The molecule has 2 heterocycles. The lowest BCUT2D eigenvalue weighted by molar-refractivity contribution is 0.411. The van der Waals surface area contributed by atoms with Crippen LogP contribution in [0.15, 0.2) is 5.38 Å². The molecular weight excluding hydrogens is 218 g/mol. The van der Waals surface area contributed by atoms with E-state index >= 15 is 0 Å². The second-order valence-electron chi connectivity index (χ2n) is 4.70. The number of hydrogen-bond acceptors (Lipinski definition) is 4. The van der Waals surface area contributed by atoms with Gasteiger partial charge in [0.25, 0.3) is 0 Å². The Kier molecular flexibility index (Phi) is 3.95. The zero-order chi connectivity index (χ0) is 11.5. The average Bonchev–Trinajstić information content (AvgIpc) is 2.89. The van der Waals surface area contributed by atoms with Crippen molar-refractivity contribution in [1.82, 2.24) is 9.88 Å². The van der Waals surface area contributed by atoms with E-state index in [-0.39, 0.29) is 0 Å². The first-order chi connectivity index (χ1) is 7.74. The van der Waals surface area contributed by atoms with E-state index in [0.29, 0.717) is 18.4 Å². The van der Waals surface area contributed by atoms with Crippen LogP contribution in [-0.4, -0.2) is 36.6 Å². The standard InChI is InChI=1S/C12H21N3S/c1-3-9(6-13)11-8-16-12(14-11)10-4-5-15(2)7-10/h8-10H,3-7,13H2,1-2H3. The highest BCUT2D eigenvalue weighted by molar-refractivity contribution is 7.09. The van der Waals surface area contributed by atoms with Gasteiger partial charge in [-0.25, -0.2) is 4.98 Å². The molecule has 0 bridgehead atoms. The molecule has 1 fully saturated rings. The zero-order valence-corrected chi connectivity index (χ0v) is 11.0. The summed E-state index contributed by atoms with van der Waals surface area (Å²) < 4.78 is 0. The first-order valence-corrected chi connectivity index (χ1v) is 6.96. The van der Waals surface area contributed by atoms with Crippen LogP contribution in [0.25, 0.3) is 0 Å². The van der Waals surface area contributed by atoms with Crippen molar-refractivity contribution in [2.45, 2.75) is 31.6 Å². The Morgan fingerprint density at radius 2 is 2.50 bits per heavy atom. The fraction of sp³-hybridized carbons (Fsp3) is 0.750. The van der Waals surface area contributed by atoms with Crippen molar-refractivity contribution in [2.24, 2.45) is 5.73 Å². The minimum atomic E-state index is 0.448. The van der Waals surface area contributed by atoms with Crippen molar-refractivity contribution in [2.75, 3.05) is 26.7 Å². The number of nitrogens with two attached hydrogens (primary N) is 1. The van der Waals surface area contributed by atoms with E-state index in [1.54, 1.807) is 0 Å². The number of likely N-dealkylation sites (N-methyl/N-ethyl adjacent to an activating group) is 1. The molecule has 3 nitrogen and oxygen atoms in total. The Morgan fingerprint density at radius 1 is 1.69 bits per heavy atom. The van der Waals surface area contributed by atoms with Gasteiger partial charge in [-0.15, -0.1) is 11.3 Å². The molecule has 4 heteroatoms. The molecule has 2 unspecified atom stereocenters. The maximum absolute atomic E-state index is 5.76. The quantitative estimate of drug-likeness (QED) is 0.874. The van der Waals surface area contributed by atoms with Gasteiger partial charge in [-0.05, 0) is 26.4 Å². The SMILES string of the molecule is CCC(CN)c1csc(C2CCN(C)C2)n1. The predicted molar refractivity (Wildman–Crippen MR) is 69.1 cm³/mol. The summed E-state index contributed by atoms with van der Waals surface area (Å²) in [5.41, 5.74) is 6.96. The number of aromatic nitrogens is 1. The van der Waals surface area contributed by atoms with E-state index in [2.05, 4.69) is 24.3 Å². The summed E-state index contributed by atoms with van der Waals surface area (Å²) in [5, 5.41) is 3.51. The summed E-state index contributed by atoms with van der Waals surface area (Å²) >= 11 is 1.81. The van der Waals surface area contributed by atoms with Crippen molar-refractivity contribution in [3.8, 4) is 0 Å². The summed E-state index contributed by atoms with van der Waals surface area (Å²) in [6.07, 6.45) is 2.34. The van der Waals surface area contributed by atoms with Crippen LogP contribution in [-0.2, 0) is 0 Å². The van der Waals surface area contributed by atoms with Crippen LogP contribution < -0.4 is 5.73 Å². The maximum atomic E-state index is 5.76. The molecule has 1 aliphatic rings. The van der Waals surface area contributed by atoms with E-state index in [1.807, 2.05) is 11.3 Å². The second kappa shape index (κ2) is 5.25. The van der Waals surface area contributed by atoms with E-state index in [4.69, 9.17) is 10.7 Å². The summed E-state index contributed by atoms with van der Waals surface area (Å²) in [4.78, 5) is 7.16. The van der Waals surface area contributed by atoms with Gasteiger partial charge in [0.1, 0.15) is 0 Å². The normalized spacial score (nSPS) is 23.8. The summed E-state index contributed by atoms with van der Waals surface area (Å²) in [5.74, 6) is 1.10. The second-order valence-corrected chi connectivity index (χ2v) is 5.59. The molecule has 1 saturated heterocycles. The van der Waals surface area contributed by atoms with E-state index < -0.39 is 0 Å². The van der Waals surface area contributed by atoms with Gasteiger partial charge in [-0.1, -0.05) is 6.92 Å². The summed E-state index contributed by atoms with van der Waals surface area (Å²) in [7, 11) is 2.18. The van der Waals surface area contributed by atoms with Crippen LogP contribution in [0.5, 0.6) is 0 Å². The van der Waals surface area contributed by atoms with Crippen molar-refractivity contribution in [1.29, 1.82) is 0 Å². The molecule has 0 amide bonds. The zero-order valence-electron chi connectivity index (χ0n) is 10.1. The number of thiazole rings is 1. The van der Waals surface area contributed by atoms with Crippen molar-refractivity contribution < 1.29 is 0 Å². The lowest BCUT2D eigenvalue weighted by Crippen LogP contribution is -2.14. The maximum Gasteiger partial charge on any atom is 0.0972 e. The molecule has 0 aromatic carbocycles. The van der Waals surface area contributed by atoms with Crippen LogP contribution in [0.4, 0.5) is 0 Å². The third kappa shape index (κ3) is 2.44. The van der Waals surface area contributed by atoms with Crippen LogP contribution in [0.3, 0.4) is 0 Å². The van der Waals surface area contributed by atoms with Crippen LogP contribution >= 0.6 is 11.3 Å². The molecule has 16 heavy (non-hydrogen) atoms. The predicted octanol–water partition coefficient (Wildman–Crippen LogP) is 2.01. The molecule has 1 aromatic rings. The van der Waals surface area contributed by atoms with Crippen LogP contribution in [0, 0.1) is 0 Å². The number of nitrogens with zero attached hydrogens (tertiary/aromatic N) is 2. The van der Waals surface area contributed by atoms with E-state index in [9.17, 15) is 0 Å². The molecule has 0 radical (unpaired) electrons. The van der Waals surface area contributed by atoms with E-state index in [1.165, 1.54) is 23.7 Å². The Balaban J connectivity index is 2.07. The van der Waals surface area contributed by atoms with Gasteiger partial charge in [-0.2, -0.15) is 0 Å². The highest BCUT2D eigenvalue weighted by Gasteiger charge is 2.24. The van der Waals surface area contributed by atoms with Gasteiger partial charge in [0.15, 0.2) is 0 Å². The smallest absolute Gasteiger partial charge is 0.0972 e. The minimum Gasteiger partial charge on any atom is -0.330 e. The van der Waals surface area contributed by atoms with Crippen LogP contribution in [0.2, 0.25) is 0 Å². The lowest BCUT2D eigenvalue weighted by Gasteiger charge is -2.09. The highest BCUT2D eigenvalue weighted by atomic mass is 32.1. The molecule has 2 atom stereocenters. The van der Waals surface area contributed by atoms with Gasteiger partial charge in [-0.3, -0.25) is 0 Å². The van der Waals surface area contributed by atoms with E-state index in [0.717, 1.165) is 13.0 Å². The third-order valence-corrected chi connectivity index (χ3v) is 4.50. The third-order valence-electron chi connectivity index (χ3n) is 3.48. The Morgan fingerprint density at radius 3 is 3.06 bits per heavy atom. The molecular formula is C12H21N3S. The largest absolute Gasteiger partial charge is 0.330 e. The van der Waals surface area contributed by atoms with Gasteiger partial charge in [0.05, 0.1) is 10.7 Å². The molecule has 0 aliphatic carbocycles. The fourth-order valence-corrected chi connectivity index (χ4v) is 3.34. The summed E-state index contributed by atoms with van der Waals surface area (Å²) in [6.45, 7) is 5.25. The van der Waals surface area contributed by atoms with Gasteiger partial charge >= 0.3 is 0 Å². The van der Waals surface area contributed by atoms with Crippen molar-refractivity contribution in [3.05, 3.63) is 16.1 Å². The number of likely N-dealkylation sites (tertiary alicyclic amines) is 1. The Labute approximate surface area is 102 Å². The van der Waals surface area contributed by atoms with Crippen LogP contribution in [0.1, 0.15) is 42.3 Å². The molecule has 2 N–H and O–H groups in total. The minimum absolute atomic E-state index is 0.448. The average molecular weight is 239 g/mol. The molecule has 0 saturated carbocycles. The Hall–Kier alpha value is -0.450. The first kappa shape index (κ1) is 12.0. The molecule has 1 aromatic heterocycles. The fourth-order valence-electron chi connectivity index (χ4n) is 2.31. The lowest BCUT2D eigenvalue weighted by atomic mass is 10.0. The molecule has 2 rings (SSSR count). The monoisotopic (exact) mass is 239 g/mol. The van der Waals surface area contributed by atoms with Gasteiger partial charge in [0.2, 0.25) is 0 Å². The molecule has 0 spiro atoms. The Bertz CT molecular complexity index is 333. The number of rotatable bonds is 4. The van der Waals surface area contributed by atoms with Gasteiger partial charge in [0, 0.05) is 30.3 Å². The highest BCUT2D eigenvalue weighted by Crippen LogP contribution is 2.30. The van der Waals surface area contributed by atoms with Crippen molar-refractivity contribution in [3.63, 3.8) is 0 Å². The number of hydrogen-bond donors (Lipinski definition) is 1. The topological polar surface area (TPSA) is 42.1 Å². The molecule has 1 aliphatic heterocycles. The van der Waals surface area contributed by atoms with Crippen molar-refractivity contribution >= 4 is 11.3 Å². The first-order valence-electron chi connectivity index (χ1n) is 6.08. The summed E-state index contributed by atoms with van der Waals surface area (Å²) in [6, 6.07) is 0. The van der Waals surface area contributed by atoms with Gasteiger partial charge < -0.3 is 10.6 Å².